The van der Waals surface area contributed by atoms with E-state index in [1.807, 2.05) is 0 Å². The Balaban J connectivity index is 1.19. The molecule has 0 aliphatic heterocycles. The van der Waals surface area contributed by atoms with Crippen molar-refractivity contribution in [1.82, 2.24) is 9.13 Å². The number of halogens is 1. The molecular formula is C53H55BrN2. The van der Waals surface area contributed by atoms with E-state index in [4.69, 9.17) is 0 Å². The summed E-state index contributed by atoms with van der Waals surface area (Å²) in [5.74, 6) is 2.23. The largest absolute Gasteiger partial charge is 0.340 e. The highest BCUT2D eigenvalue weighted by molar-refractivity contribution is 9.10. The van der Waals surface area contributed by atoms with Crippen LogP contribution in [0.4, 0.5) is 0 Å². The minimum atomic E-state index is -0.0708. The fraction of sp³-hybridized carbons (Fsp3) is 0.321. The lowest BCUT2D eigenvalue weighted by molar-refractivity contribution is 0.337. The second-order valence-electron chi connectivity index (χ2n) is 18.5. The molecule has 0 saturated heterocycles. The van der Waals surface area contributed by atoms with Crippen LogP contribution >= 0.6 is 15.9 Å². The number of para-hydroxylation sites is 1. The molecule has 0 amide bonds. The summed E-state index contributed by atoms with van der Waals surface area (Å²) in [7, 11) is 0. The van der Waals surface area contributed by atoms with E-state index in [0.29, 0.717) is 23.7 Å². The lowest BCUT2D eigenvalue weighted by atomic mass is 9.67. The number of hydrogen-bond donors (Lipinski definition) is 0. The summed E-state index contributed by atoms with van der Waals surface area (Å²) in [4.78, 5) is 0. The van der Waals surface area contributed by atoms with Gasteiger partial charge < -0.3 is 9.13 Å². The maximum atomic E-state index is 3.78. The molecule has 2 heterocycles. The standard InChI is InChI=1S/C53H55BrN2/c1-32(2)28-53(29-33(3)4)47-25-38(36-15-20-50-44(23-36)43-11-9-10-12-49(43)55(50)30-34(5)6)13-18-41(47)42-19-14-39(26-48(42)53)37-16-21-51-45(24-37)46-27-40(54)17-22-52(46)56(51)31-35(7)8/h9-27,32-35H,28-31H2,1-8H3. The lowest BCUT2D eigenvalue weighted by Crippen LogP contribution is -2.29. The molecular weight excluding hydrogens is 745 g/mol. The predicted octanol–water partition coefficient (Wildman–Crippen LogP) is 15.7. The number of benzene rings is 6. The van der Waals surface area contributed by atoms with E-state index < -0.39 is 0 Å². The highest BCUT2D eigenvalue weighted by Gasteiger charge is 2.44. The molecule has 2 nitrogen and oxygen atoms in total. The average molecular weight is 800 g/mol. The van der Waals surface area contributed by atoms with E-state index in [1.165, 1.54) is 88.1 Å². The molecule has 1 aliphatic rings. The van der Waals surface area contributed by atoms with Crippen LogP contribution in [-0.4, -0.2) is 9.13 Å². The normalized spacial score (nSPS) is 13.8. The van der Waals surface area contributed by atoms with Gasteiger partial charge in [0.15, 0.2) is 0 Å². The van der Waals surface area contributed by atoms with Crippen LogP contribution in [0.3, 0.4) is 0 Å². The van der Waals surface area contributed by atoms with Crippen LogP contribution < -0.4 is 0 Å². The van der Waals surface area contributed by atoms with Crippen LogP contribution in [0.2, 0.25) is 0 Å². The summed E-state index contributed by atoms with van der Waals surface area (Å²) < 4.78 is 6.16. The molecule has 2 aromatic heterocycles. The van der Waals surface area contributed by atoms with Crippen LogP contribution in [0.15, 0.2) is 120 Å². The molecule has 6 aromatic carbocycles. The van der Waals surface area contributed by atoms with Crippen molar-refractivity contribution in [2.75, 3.05) is 0 Å². The third-order valence-corrected chi connectivity index (χ3v) is 12.7. The number of aromatic nitrogens is 2. The molecule has 1 aliphatic carbocycles. The Morgan fingerprint density at radius 3 is 1.34 bits per heavy atom. The van der Waals surface area contributed by atoms with Gasteiger partial charge in [0.05, 0.1) is 0 Å². The number of rotatable bonds is 10. The Hall–Kier alpha value is -4.60. The monoisotopic (exact) mass is 798 g/mol. The Bertz CT molecular complexity index is 2780. The van der Waals surface area contributed by atoms with Gasteiger partial charge in [-0.25, -0.2) is 0 Å². The third kappa shape index (κ3) is 6.13. The first-order valence-electron chi connectivity index (χ1n) is 20.9. The maximum absolute atomic E-state index is 3.78. The molecule has 0 fully saturated rings. The minimum absolute atomic E-state index is 0.0708. The summed E-state index contributed by atoms with van der Waals surface area (Å²) >= 11 is 3.78. The van der Waals surface area contributed by atoms with Crippen LogP contribution in [-0.2, 0) is 18.5 Å². The van der Waals surface area contributed by atoms with Gasteiger partial charge in [0.1, 0.15) is 0 Å². The van der Waals surface area contributed by atoms with Crippen molar-refractivity contribution in [3.05, 3.63) is 131 Å². The first kappa shape index (κ1) is 37.0. The Morgan fingerprint density at radius 2 is 0.839 bits per heavy atom. The summed E-state index contributed by atoms with van der Waals surface area (Å²) in [6, 6.07) is 44.8. The fourth-order valence-corrected chi connectivity index (χ4v) is 10.7. The van der Waals surface area contributed by atoms with Crippen LogP contribution in [0.1, 0.15) is 79.4 Å². The Morgan fingerprint density at radius 1 is 0.429 bits per heavy atom. The smallest absolute Gasteiger partial charge is 0.0492 e. The molecule has 0 saturated carbocycles. The van der Waals surface area contributed by atoms with Gasteiger partial charge in [-0.3, -0.25) is 0 Å². The van der Waals surface area contributed by atoms with Gasteiger partial charge in [-0.1, -0.05) is 126 Å². The van der Waals surface area contributed by atoms with Gasteiger partial charge >= 0.3 is 0 Å². The van der Waals surface area contributed by atoms with Gasteiger partial charge in [-0.15, -0.1) is 0 Å². The second kappa shape index (κ2) is 14.1. The van der Waals surface area contributed by atoms with Crippen LogP contribution in [0.5, 0.6) is 0 Å². The van der Waals surface area contributed by atoms with E-state index in [-0.39, 0.29) is 5.41 Å². The summed E-state index contributed by atoms with van der Waals surface area (Å²) in [5.41, 5.74) is 16.2. The van der Waals surface area contributed by atoms with Gasteiger partial charge in [0.25, 0.3) is 0 Å². The van der Waals surface area contributed by atoms with Crippen molar-refractivity contribution < 1.29 is 0 Å². The molecule has 0 unspecified atom stereocenters. The van der Waals surface area contributed by atoms with Gasteiger partial charge in [-0.05, 0) is 142 Å². The molecule has 0 N–H and O–H groups in total. The molecule has 0 spiro atoms. The predicted molar refractivity (Wildman–Crippen MR) is 246 cm³/mol. The van der Waals surface area contributed by atoms with Crippen molar-refractivity contribution in [1.29, 1.82) is 0 Å². The SMILES string of the molecule is CC(C)Cn1c2ccccc2c2cc(-c3ccc4c(c3)C(CC(C)C)(CC(C)C)c3cc(-c5ccc6c(c5)c5cc(Br)ccc5n6CC(C)C)ccc3-4)ccc21. The zero-order valence-electron chi connectivity index (χ0n) is 34.4. The Kier molecular flexibility index (Phi) is 9.32. The highest BCUT2D eigenvalue weighted by atomic mass is 79.9. The molecule has 8 aromatic rings. The number of nitrogens with zero attached hydrogens (tertiary/aromatic N) is 2. The van der Waals surface area contributed by atoms with Crippen LogP contribution in [0.25, 0.3) is 77.0 Å². The van der Waals surface area contributed by atoms with E-state index in [9.17, 15) is 0 Å². The molecule has 0 bridgehead atoms. The van der Waals surface area contributed by atoms with Gasteiger partial charge in [0, 0.05) is 66.6 Å². The number of fused-ring (bicyclic) bond motifs is 9. The molecule has 0 radical (unpaired) electrons. The van der Waals surface area contributed by atoms with Crippen molar-refractivity contribution in [2.24, 2.45) is 23.7 Å². The maximum Gasteiger partial charge on any atom is 0.0492 e. The average Bonchev–Trinajstić information content (AvgIpc) is 3.73. The zero-order chi connectivity index (χ0) is 39.0. The fourth-order valence-electron chi connectivity index (χ4n) is 10.4. The van der Waals surface area contributed by atoms with Crippen LogP contribution in [0, 0.1) is 23.7 Å². The van der Waals surface area contributed by atoms with Crippen molar-refractivity contribution in [3.63, 3.8) is 0 Å². The zero-order valence-corrected chi connectivity index (χ0v) is 36.0. The number of hydrogen-bond acceptors (Lipinski definition) is 0. The highest BCUT2D eigenvalue weighted by Crippen LogP contribution is 2.56. The topological polar surface area (TPSA) is 9.86 Å². The lowest BCUT2D eigenvalue weighted by Gasteiger charge is -2.36. The quantitative estimate of drug-likeness (QED) is 0.130. The minimum Gasteiger partial charge on any atom is -0.340 e. The summed E-state index contributed by atoms with van der Waals surface area (Å²) in [6.07, 6.45) is 2.24. The molecule has 3 heteroatoms. The third-order valence-electron chi connectivity index (χ3n) is 12.2. The first-order chi connectivity index (χ1) is 26.9. The van der Waals surface area contributed by atoms with Gasteiger partial charge in [0.2, 0.25) is 0 Å². The molecule has 284 valence electrons. The van der Waals surface area contributed by atoms with Gasteiger partial charge in [-0.2, -0.15) is 0 Å². The van der Waals surface area contributed by atoms with E-state index in [1.54, 1.807) is 0 Å². The van der Waals surface area contributed by atoms with E-state index in [2.05, 4.69) is 196 Å². The molecule has 9 rings (SSSR count). The van der Waals surface area contributed by atoms with Crippen molar-refractivity contribution in [2.45, 2.75) is 86.7 Å². The summed E-state index contributed by atoms with van der Waals surface area (Å²) in [5, 5.41) is 5.33. The summed E-state index contributed by atoms with van der Waals surface area (Å²) in [6.45, 7) is 20.9. The molecule has 0 atom stereocenters. The van der Waals surface area contributed by atoms with Crippen molar-refractivity contribution >= 4 is 59.5 Å². The second-order valence-corrected chi connectivity index (χ2v) is 19.4. The molecule has 56 heavy (non-hydrogen) atoms. The van der Waals surface area contributed by atoms with E-state index >= 15 is 0 Å². The van der Waals surface area contributed by atoms with E-state index in [0.717, 1.165) is 30.4 Å². The van der Waals surface area contributed by atoms with Crippen molar-refractivity contribution in [3.8, 4) is 33.4 Å². The first-order valence-corrected chi connectivity index (χ1v) is 21.7. The Labute approximate surface area is 341 Å².